The summed E-state index contributed by atoms with van der Waals surface area (Å²) in [4.78, 5) is 18.5. The zero-order valence-corrected chi connectivity index (χ0v) is 14.4. The third kappa shape index (κ3) is 2.81. The van der Waals surface area contributed by atoms with Crippen molar-refractivity contribution >= 4 is 16.7 Å². The summed E-state index contributed by atoms with van der Waals surface area (Å²) >= 11 is 0. The van der Waals surface area contributed by atoms with Crippen molar-refractivity contribution in [2.75, 3.05) is 0 Å². The first-order chi connectivity index (χ1) is 12.8. The number of aromatic nitrogens is 6. The van der Waals surface area contributed by atoms with Crippen LogP contribution in [0.4, 0.5) is 0 Å². The second-order valence-electron chi connectivity index (χ2n) is 5.63. The van der Waals surface area contributed by atoms with Gasteiger partial charge in [0.1, 0.15) is 18.2 Å². The summed E-state index contributed by atoms with van der Waals surface area (Å²) in [6.07, 6.45) is 6.62. The highest BCUT2D eigenvalue weighted by molar-refractivity contribution is 6.07. The zero-order chi connectivity index (χ0) is 17.9. The van der Waals surface area contributed by atoms with E-state index in [4.69, 9.17) is 4.84 Å². The van der Waals surface area contributed by atoms with E-state index in [0.29, 0.717) is 17.4 Å². The summed E-state index contributed by atoms with van der Waals surface area (Å²) in [5.74, 6) is 1.37. The molecule has 0 aliphatic rings. The van der Waals surface area contributed by atoms with Gasteiger partial charge < -0.3 is 9.40 Å². The molecular weight excluding hydrogens is 330 g/mol. The summed E-state index contributed by atoms with van der Waals surface area (Å²) < 4.78 is 3.70. The number of rotatable bonds is 5. The smallest absolute Gasteiger partial charge is 0.233 e. The number of pyridine rings is 1. The van der Waals surface area contributed by atoms with Crippen molar-refractivity contribution in [2.45, 2.75) is 20.4 Å². The van der Waals surface area contributed by atoms with Gasteiger partial charge in [-0.15, -0.1) is 0 Å². The number of benzene rings is 1. The molecule has 0 fully saturated rings. The molecule has 0 radical (unpaired) electrons. The molecule has 0 aliphatic heterocycles. The summed E-state index contributed by atoms with van der Waals surface area (Å²) in [7, 11) is 0. The Hall–Kier alpha value is -3.55. The fraction of sp³-hybridized carbons (Fsp3) is 0.167. The van der Waals surface area contributed by atoms with E-state index in [-0.39, 0.29) is 0 Å². The topological polar surface area (TPSA) is 83.0 Å². The van der Waals surface area contributed by atoms with Crippen molar-refractivity contribution < 1.29 is 4.84 Å². The first-order valence-corrected chi connectivity index (χ1v) is 8.24. The molecule has 0 bridgehead atoms. The lowest BCUT2D eigenvalue weighted by atomic mass is 10.1. The maximum absolute atomic E-state index is 5.53. The average Bonchev–Trinajstić information content (AvgIpc) is 3.33. The third-order valence-electron chi connectivity index (χ3n) is 3.99. The van der Waals surface area contributed by atoms with E-state index in [2.05, 4.69) is 36.7 Å². The summed E-state index contributed by atoms with van der Waals surface area (Å²) in [6, 6.07) is 9.45. The Morgan fingerprint density at radius 1 is 1.15 bits per heavy atom. The highest BCUT2D eigenvalue weighted by Gasteiger charge is 2.17. The lowest BCUT2D eigenvalue weighted by molar-refractivity contribution is 0.341. The van der Waals surface area contributed by atoms with E-state index >= 15 is 0 Å². The number of aryl methyl sites for hydroxylation is 1. The van der Waals surface area contributed by atoms with Crippen molar-refractivity contribution in [3.63, 3.8) is 0 Å². The van der Waals surface area contributed by atoms with Gasteiger partial charge in [0, 0.05) is 18.3 Å². The maximum Gasteiger partial charge on any atom is 0.233 e. The average molecular weight is 347 g/mol. The standard InChI is InChI=1S/C18H17N7O/c1-3-24-17-15(13(2)23-26-14-7-5-4-6-8-14)9-19-10-16(17)22-18(24)25-12-20-11-21-25/h4-12H,3H2,1-2H3. The molecule has 3 heterocycles. The van der Waals surface area contributed by atoms with Gasteiger partial charge in [-0.1, -0.05) is 23.4 Å². The molecule has 0 saturated carbocycles. The van der Waals surface area contributed by atoms with Crippen LogP contribution in [0.3, 0.4) is 0 Å². The maximum atomic E-state index is 5.53. The van der Waals surface area contributed by atoms with Crippen LogP contribution in [0, 0.1) is 0 Å². The molecule has 3 aromatic heterocycles. The van der Waals surface area contributed by atoms with E-state index in [9.17, 15) is 0 Å². The minimum Gasteiger partial charge on any atom is -0.357 e. The molecule has 26 heavy (non-hydrogen) atoms. The number of hydrogen-bond donors (Lipinski definition) is 0. The van der Waals surface area contributed by atoms with Gasteiger partial charge in [-0.3, -0.25) is 4.98 Å². The van der Waals surface area contributed by atoms with Crippen LogP contribution in [0.25, 0.3) is 17.0 Å². The van der Waals surface area contributed by atoms with Crippen LogP contribution in [-0.2, 0) is 6.54 Å². The van der Waals surface area contributed by atoms with Crippen molar-refractivity contribution in [1.29, 1.82) is 0 Å². The number of fused-ring (bicyclic) bond motifs is 1. The predicted molar refractivity (Wildman–Crippen MR) is 97.4 cm³/mol. The molecule has 0 saturated heterocycles. The van der Waals surface area contributed by atoms with Gasteiger partial charge in [0.15, 0.2) is 5.75 Å². The van der Waals surface area contributed by atoms with E-state index in [1.165, 1.54) is 6.33 Å². The number of para-hydroxylation sites is 1. The Bertz CT molecular complexity index is 1050. The van der Waals surface area contributed by atoms with Crippen molar-refractivity contribution in [2.24, 2.45) is 5.16 Å². The van der Waals surface area contributed by atoms with Gasteiger partial charge in [-0.25, -0.2) is 9.97 Å². The van der Waals surface area contributed by atoms with E-state index in [0.717, 1.165) is 23.1 Å². The third-order valence-corrected chi connectivity index (χ3v) is 3.99. The molecule has 4 rings (SSSR count). The van der Waals surface area contributed by atoms with Gasteiger partial charge >= 0.3 is 0 Å². The van der Waals surface area contributed by atoms with Gasteiger partial charge in [0.2, 0.25) is 5.95 Å². The van der Waals surface area contributed by atoms with Crippen molar-refractivity contribution in [3.8, 4) is 11.7 Å². The number of hydrogen-bond acceptors (Lipinski definition) is 6. The Morgan fingerprint density at radius 2 is 2.00 bits per heavy atom. The van der Waals surface area contributed by atoms with Crippen LogP contribution < -0.4 is 4.84 Å². The molecule has 4 aromatic rings. The van der Waals surface area contributed by atoms with Crippen molar-refractivity contribution in [3.05, 3.63) is 60.9 Å². The SMILES string of the molecule is CCn1c(-n2cncn2)nc2cncc(C(C)=NOc3ccccc3)c21. The summed E-state index contributed by atoms with van der Waals surface area (Å²) in [5, 5.41) is 8.45. The second-order valence-corrected chi connectivity index (χ2v) is 5.63. The van der Waals surface area contributed by atoms with Crippen LogP contribution >= 0.6 is 0 Å². The van der Waals surface area contributed by atoms with Crippen LogP contribution in [0.2, 0.25) is 0 Å². The largest absolute Gasteiger partial charge is 0.357 e. The minimum atomic E-state index is 0.680. The molecule has 0 amide bonds. The molecule has 8 heteroatoms. The fourth-order valence-corrected chi connectivity index (χ4v) is 2.78. The number of nitrogens with zero attached hydrogens (tertiary/aromatic N) is 7. The predicted octanol–water partition coefficient (Wildman–Crippen LogP) is 2.83. The fourth-order valence-electron chi connectivity index (χ4n) is 2.78. The molecular formula is C18H17N7O. The molecule has 0 N–H and O–H groups in total. The first kappa shape index (κ1) is 15.9. The number of imidazole rings is 1. The summed E-state index contributed by atoms with van der Waals surface area (Å²) in [5.41, 5.74) is 3.28. The molecule has 130 valence electrons. The molecule has 0 atom stereocenters. The van der Waals surface area contributed by atoms with Gasteiger partial charge in [0.25, 0.3) is 0 Å². The number of oxime groups is 1. The lowest BCUT2D eigenvalue weighted by Gasteiger charge is -2.08. The molecule has 8 nitrogen and oxygen atoms in total. The van der Waals surface area contributed by atoms with Crippen LogP contribution in [-0.4, -0.2) is 35.0 Å². The van der Waals surface area contributed by atoms with Gasteiger partial charge in [-0.2, -0.15) is 9.78 Å². The van der Waals surface area contributed by atoms with Crippen LogP contribution in [0.1, 0.15) is 19.4 Å². The zero-order valence-electron chi connectivity index (χ0n) is 14.4. The normalized spacial score (nSPS) is 11.8. The van der Waals surface area contributed by atoms with Gasteiger partial charge in [-0.05, 0) is 26.0 Å². The molecule has 0 spiro atoms. The quantitative estimate of drug-likeness (QED) is 0.409. The molecule has 0 unspecified atom stereocenters. The minimum absolute atomic E-state index is 0.680. The van der Waals surface area contributed by atoms with Crippen molar-refractivity contribution in [1.82, 2.24) is 29.3 Å². The monoisotopic (exact) mass is 347 g/mol. The lowest BCUT2D eigenvalue weighted by Crippen LogP contribution is -2.08. The highest BCUT2D eigenvalue weighted by atomic mass is 16.6. The summed E-state index contributed by atoms with van der Waals surface area (Å²) in [6.45, 7) is 4.66. The van der Waals surface area contributed by atoms with E-state index < -0.39 is 0 Å². The molecule has 0 aliphatic carbocycles. The Labute approximate surface area is 149 Å². The van der Waals surface area contributed by atoms with Gasteiger partial charge in [0.05, 0.1) is 17.4 Å². The van der Waals surface area contributed by atoms with Crippen LogP contribution in [0.15, 0.2) is 60.5 Å². The Balaban J connectivity index is 1.80. The second kappa shape index (κ2) is 6.75. The van der Waals surface area contributed by atoms with E-state index in [1.54, 1.807) is 23.4 Å². The first-order valence-electron chi connectivity index (χ1n) is 8.24. The molecule has 1 aromatic carbocycles. The highest BCUT2D eigenvalue weighted by Crippen LogP contribution is 2.22. The Kier molecular flexibility index (Phi) is 4.14. The van der Waals surface area contributed by atoms with Crippen LogP contribution in [0.5, 0.6) is 5.75 Å². The van der Waals surface area contributed by atoms with E-state index in [1.807, 2.05) is 37.3 Å². The Morgan fingerprint density at radius 3 is 2.73 bits per heavy atom.